The first-order valence-electron chi connectivity index (χ1n) is 18.4. The Bertz CT molecular complexity index is 2140. The molecule has 54 heavy (non-hydrogen) atoms. The van der Waals surface area contributed by atoms with E-state index in [1.54, 1.807) is 13.1 Å². The summed E-state index contributed by atoms with van der Waals surface area (Å²) in [5, 5.41) is 18.2. The Morgan fingerprint density at radius 1 is 0.852 bits per heavy atom. The second-order valence-electron chi connectivity index (χ2n) is 13.4. The Balaban J connectivity index is 1.23. The van der Waals surface area contributed by atoms with Crippen LogP contribution in [0.4, 0.5) is 5.69 Å². The van der Waals surface area contributed by atoms with Crippen molar-refractivity contribution in [2.45, 2.75) is 52.1 Å². The van der Waals surface area contributed by atoms with Gasteiger partial charge in [0.1, 0.15) is 6.04 Å². The van der Waals surface area contributed by atoms with Gasteiger partial charge < -0.3 is 15.2 Å². The molecular formula is C42H46N8O3S. The Hall–Kier alpha value is -5.75. The minimum Gasteiger partial charge on any atom is -0.359 e. The van der Waals surface area contributed by atoms with E-state index in [2.05, 4.69) is 50.5 Å². The van der Waals surface area contributed by atoms with E-state index in [0.717, 1.165) is 58.0 Å². The van der Waals surface area contributed by atoms with E-state index in [9.17, 15) is 14.4 Å². The van der Waals surface area contributed by atoms with Crippen LogP contribution < -0.4 is 10.2 Å². The van der Waals surface area contributed by atoms with Gasteiger partial charge in [0, 0.05) is 41.5 Å². The number of aromatic nitrogens is 5. The Labute approximate surface area is 321 Å². The van der Waals surface area contributed by atoms with Crippen molar-refractivity contribution in [2.24, 2.45) is 5.92 Å². The molecular weight excluding hydrogens is 697 g/mol. The molecule has 6 aromatic rings. The zero-order valence-corrected chi connectivity index (χ0v) is 31.5. The van der Waals surface area contributed by atoms with Crippen molar-refractivity contribution in [3.63, 3.8) is 0 Å². The third-order valence-corrected chi connectivity index (χ3v) is 10.1. The van der Waals surface area contributed by atoms with Crippen LogP contribution in [0.15, 0.2) is 109 Å². The monoisotopic (exact) mass is 742 g/mol. The molecule has 12 heteroatoms. The van der Waals surface area contributed by atoms with Gasteiger partial charge in [-0.1, -0.05) is 117 Å². The Morgan fingerprint density at radius 3 is 2.30 bits per heavy atom. The molecule has 0 saturated carbocycles. The summed E-state index contributed by atoms with van der Waals surface area (Å²) in [7, 11) is 0. The van der Waals surface area contributed by atoms with E-state index in [-0.39, 0.29) is 24.3 Å². The van der Waals surface area contributed by atoms with Crippen LogP contribution in [-0.4, -0.2) is 73.1 Å². The van der Waals surface area contributed by atoms with Crippen LogP contribution in [-0.2, 0) is 27.3 Å². The summed E-state index contributed by atoms with van der Waals surface area (Å²) in [6, 6.07) is 32.6. The van der Waals surface area contributed by atoms with E-state index in [4.69, 9.17) is 0 Å². The van der Waals surface area contributed by atoms with Gasteiger partial charge in [0.15, 0.2) is 0 Å². The molecule has 4 aromatic carbocycles. The molecule has 2 heterocycles. The average Bonchev–Trinajstić information content (AvgIpc) is 3.91. The lowest BCUT2D eigenvalue weighted by Crippen LogP contribution is -2.52. The average molecular weight is 743 g/mol. The first kappa shape index (κ1) is 38.0. The molecule has 0 saturated heterocycles. The highest BCUT2D eigenvalue weighted by Gasteiger charge is 2.33. The number of fused-ring (bicyclic) bond motifs is 1. The third-order valence-electron chi connectivity index (χ3n) is 9.67. The number of nitrogens with zero attached hydrogens (tertiary/aromatic N) is 5. The van der Waals surface area contributed by atoms with Crippen LogP contribution in [0.1, 0.15) is 44.2 Å². The number of rotatable bonds is 17. The molecule has 0 bridgehead atoms. The Morgan fingerprint density at radius 2 is 1.57 bits per heavy atom. The molecule has 2 atom stereocenters. The van der Waals surface area contributed by atoms with Crippen molar-refractivity contribution in [3.05, 3.63) is 120 Å². The van der Waals surface area contributed by atoms with Crippen molar-refractivity contribution in [2.75, 3.05) is 23.7 Å². The van der Waals surface area contributed by atoms with Gasteiger partial charge in [-0.3, -0.25) is 19.3 Å². The number of benzene rings is 4. The minimum absolute atomic E-state index is 0.181. The number of carbonyl (C=O) groups excluding carboxylic acids is 3. The van der Waals surface area contributed by atoms with E-state index in [1.165, 1.54) is 4.90 Å². The third kappa shape index (κ3) is 9.06. The maximum absolute atomic E-state index is 14.6. The standard InChI is InChI=1S/C42H46N8O3S/c1-3-4-12-23-49(27-31-19-21-32(22-20-31)34-15-8-9-16-35(34)40-45-47-48-46-40)42(53)29(2)50(38-25-43-37-18-11-10-17-36(37)38)39(51)26-44-41(52)33(28-54)24-30-13-6-5-7-14-30/h5-11,13-22,25,29,33,43,54H,3-4,12,23-24,26-28H2,1-2H3,(H,44,52)(H,45,46,47,48). The van der Waals surface area contributed by atoms with Crippen molar-refractivity contribution in [3.8, 4) is 22.5 Å². The van der Waals surface area contributed by atoms with Gasteiger partial charge in [-0.25, -0.2) is 0 Å². The lowest BCUT2D eigenvalue weighted by Gasteiger charge is -2.33. The second-order valence-corrected chi connectivity index (χ2v) is 13.8. The molecule has 0 fully saturated rings. The number of nitrogens with one attached hydrogen (secondary N) is 3. The van der Waals surface area contributed by atoms with Crippen LogP contribution in [0.25, 0.3) is 33.4 Å². The number of carbonyl (C=O) groups is 3. The summed E-state index contributed by atoms with van der Waals surface area (Å²) in [6.07, 6.45) is 5.06. The molecule has 3 N–H and O–H groups in total. The van der Waals surface area contributed by atoms with Crippen molar-refractivity contribution < 1.29 is 14.4 Å². The molecule has 0 aliphatic carbocycles. The van der Waals surface area contributed by atoms with Crippen molar-refractivity contribution in [1.29, 1.82) is 0 Å². The van der Waals surface area contributed by atoms with Gasteiger partial charge in [0.2, 0.25) is 23.5 Å². The molecule has 11 nitrogen and oxygen atoms in total. The summed E-state index contributed by atoms with van der Waals surface area (Å²) in [5.74, 6) is -0.403. The summed E-state index contributed by atoms with van der Waals surface area (Å²) < 4.78 is 0. The van der Waals surface area contributed by atoms with Crippen molar-refractivity contribution >= 4 is 46.9 Å². The fraction of sp³-hybridized carbons (Fsp3) is 0.286. The van der Waals surface area contributed by atoms with Crippen LogP contribution in [0.5, 0.6) is 0 Å². The van der Waals surface area contributed by atoms with Gasteiger partial charge in [-0.15, -0.1) is 10.2 Å². The summed E-state index contributed by atoms with van der Waals surface area (Å²) in [5.41, 5.74) is 6.21. The number of hydrogen-bond acceptors (Lipinski definition) is 7. The van der Waals surface area contributed by atoms with Crippen LogP contribution >= 0.6 is 12.6 Å². The zero-order chi connectivity index (χ0) is 37.9. The normalized spacial score (nSPS) is 12.3. The molecule has 278 valence electrons. The number of H-pyrrole nitrogens is 2. The van der Waals surface area contributed by atoms with Crippen molar-refractivity contribution in [1.82, 2.24) is 35.8 Å². The first-order chi connectivity index (χ1) is 26.4. The number of para-hydroxylation sites is 1. The number of thiol groups is 1. The molecule has 2 unspecified atom stereocenters. The van der Waals surface area contributed by atoms with Crippen LogP contribution in [0.2, 0.25) is 0 Å². The predicted octanol–water partition coefficient (Wildman–Crippen LogP) is 6.86. The Kier molecular flexibility index (Phi) is 12.9. The molecule has 3 amide bonds. The maximum Gasteiger partial charge on any atom is 0.247 e. The van der Waals surface area contributed by atoms with E-state index in [0.29, 0.717) is 36.8 Å². The highest BCUT2D eigenvalue weighted by molar-refractivity contribution is 7.80. The molecule has 6 rings (SSSR count). The van der Waals surface area contributed by atoms with Gasteiger partial charge in [0.05, 0.1) is 18.2 Å². The first-order valence-corrected chi connectivity index (χ1v) is 19.0. The lowest BCUT2D eigenvalue weighted by molar-refractivity contribution is -0.135. The quantitative estimate of drug-likeness (QED) is 0.0595. The molecule has 0 aliphatic rings. The second kappa shape index (κ2) is 18.3. The smallest absolute Gasteiger partial charge is 0.247 e. The van der Waals surface area contributed by atoms with Gasteiger partial charge >= 0.3 is 0 Å². The SMILES string of the molecule is CCCCCN(Cc1ccc(-c2ccccc2-c2nn[nH]n2)cc1)C(=O)C(C)N(C(=O)CNC(=O)C(CS)Cc1ccccc1)c1c[nH]c2ccccc12. The highest BCUT2D eigenvalue weighted by Crippen LogP contribution is 2.31. The number of hydrogen-bond donors (Lipinski definition) is 4. The molecule has 0 aliphatic heterocycles. The summed E-state index contributed by atoms with van der Waals surface area (Å²) in [4.78, 5) is 48.8. The van der Waals surface area contributed by atoms with E-state index < -0.39 is 12.0 Å². The predicted molar refractivity (Wildman–Crippen MR) is 216 cm³/mol. The topological polar surface area (TPSA) is 140 Å². The van der Waals surface area contributed by atoms with Crippen LogP contribution in [0, 0.1) is 5.92 Å². The molecule has 0 radical (unpaired) electrons. The van der Waals surface area contributed by atoms with E-state index >= 15 is 0 Å². The lowest BCUT2D eigenvalue weighted by atomic mass is 9.98. The van der Waals surface area contributed by atoms with Crippen LogP contribution in [0.3, 0.4) is 0 Å². The summed E-state index contributed by atoms with van der Waals surface area (Å²) in [6.45, 7) is 4.53. The maximum atomic E-state index is 14.6. The number of aromatic amines is 2. The molecule has 2 aromatic heterocycles. The van der Waals surface area contributed by atoms with E-state index in [1.807, 2.05) is 108 Å². The largest absolute Gasteiger partial charge is 0.359 e. The minimum atomic E-state index is -0.860. The highest BCUT2D eigenvalue weighted by atomic mass is 32.1. The van der Waals surface area contributed by atoms with Gasteiger partial charge in [0.25, 0.3) is 0 Å². The van der Waals surface area contributed by atoms with Gasteiger partial charge in [-0.2, -0.15) is 17.8 Å². The number of amides is 3. The fourth-order valence-electron chi connectivity index (χ4n) is 6.76. The number of anilines is 1. The fourth-order valence-corrected chi connectivity index (χ4v) is 7.05. The zero-order valence-electron chi connectivity index (χ0n) is 30.6. The van der Waals surface area contributed by atoms with Gasteiger partial charge in [-0.05, 0) is 53.3 Å². The number of unbranched alkanes of at least 4 members (excludes halogenated alkanes) is 2. The molecule has 0 spiro atoms. The summed E-state index contributed by atoms with van der Waals surface area (Å²) >= 11 is 4.44. The number of tetrazole rings is 1.